The maximum absolute atomic E-state index is 13.6. The Morgan fingerprint density at radius 2 is 1.60 bits per heavy atom. The van der Waals surface area contributed by atoms with Crippen molar-refractivity contribution in [3.05, 3.63) is 53.3 Å². The molecule has 7 nitrogen and oxygen atoms in total. The van der Waals surface area contributed by atoms with E-state index in [2.05, 4.69) is 10.6 Å². The summed E-state index contributed by atoms with van der Waals surface area (Å²) in [4.78, 5) is 28.5. The molecule has 0 saturated carbocycles. The third kappa shape index (κ3) is 6.16. The van der Waals surface area contributed by atoms with E-state index < -0.39 is 5.82 Å². The Kier molecular flexibility index (Phi) is 7.62. The zero-order valence-electron chi connectivity index (χ0n) is 16.7. The van der Waals surface area contributed by atoms with E-state index in [4.69, 9.17) is 16.3 Å². The van der Waals surface area contributed by atoms with Gasteiger partial charge in [-0.2, -0.15) is 0 Å². The van der Waals surface area contributed by atoms with E-state index in [1.54, 1.807) is 30.3 Å². The summed E-state index contributed by atoms with van der Waals surface area (Å²) in [5, 5.41) is 5.84. The number of carbonyl (C=O) groups is 2. The van der Waals surface area contributed by atoms with E-state index in [9.17, 15) is 14.0 Å². The SMILES string of the molecule is COc1ccc(NC(=O)CN2CCN(CC(=O)Nc3ccccc3F)CC2)cc1Cl. The van der Waals surface area contributed by atoms with Gasteiger partial charge in [-0.05, 0) is 30.3 Å². The lowest BCUT2D eigenvalue weighted by Crippen LogP contribution is -2.50. The van der Waals surface area contributed by atoms with Crippen molar-refractivity contribution < 1.29 is 18.7 Å². The molecule has 0 spiro atoms. The van der Waals surface area contributed by atoms with E-state index in [1.165, 1.54) is 19.2 Å². The Balaban J connectivity index is 1.41. The van der Waals surface area contributed by atoms with Crippen molar-refractivity contribution in [2.45, 2.75) is 0 Å². The normalized spacial score (nSPS) is 14.9. The highest BCUT2D eigenvalue weighted by molar-refractivity contribution is 6.32. The number of amides is 2. The van der Waals surface area contributed by atoms with Crippen molar-refractivity contribution in [2.75, 3.05) is 57.0 Å². The largest absolute Gasteiger partial charge is 0.495 e. The summed E-state index contributed by atoms with van der Waals surface area (Å²) in [5.74, 6) is -0.311. The lowest BCUT2D eigenvalue weighted by molar-refractivity contribution is -0.120. The van der Waals surface area contributed by atoms with Crippen LogP contribution >= 0.6 is 11.6 Å². The number of nitrogens with zero attached hydrogens (tertiary/aromatic N) is 2. The van der Waals surface area contributed by atoms with Gasteiger partial charge in [0.1, 0.15) is 11.6 Å². The standard InChI is InChI=1S/C21H24ClFN4O3/c1-30-19-7-6-15(12-16(19)22)24-20(28)13-26-8-10-27(11-9-26)14-21(29)25-18-5-3-2-4-17(18)23/h2-7,12H,8-11,13-14H2,1H3,(H,24,28)(H,25,29). The second-order valence-electron chi connectivity index (χ2n) is 6.98. The second-order valence-corrected chi connectivity index (χ2v) is 7.39. The number of para-hydroxylation sites is 1. The number of ether oxygens (including phenoxy) is 1. The number of rotatable bonds is 7. The van der Waals surface area contributed by atoms with Gasteiger partial charge in [-0.3, -0.25) is 19.4 Å². The Hall–Kier alpha value is -2.68. The predicted octanol–water partition coefficient (Wildman–Crippen LogP) is 2.68. The fourth-order valence-electron chi connectivity index (χ4n) is 3.21. The van der Waals surface area contributed by atoms with Gasteiger partial charge in [-0.1, -0.05) is 23.7 Å². The molecular weight excluding hydrogens is 411 g/mol. The summed E-state index contributed by atoms with van der Waals surface area (Å²) < 4.78 is 18.7. The molecule has 3 rings (SSSR count). The highest BCUT2D eigenvalue weighted by atomic mass is 35.5. The van der Waals surface area contributed by atoms with E-state index >= 15 is 0 Å². The van der Waals surface area contributed by atoms with Crippen LogP contribution in [0.4, 0.5) is 15.8 Å². The number of nitrogens with one attached hydrogen (secondary N) is 2. The quantitative estimate of drug-likeness (QED) is 0.701. The fourth-order valence-corrected chi connectivity index (χ4v) is 3.47. The lowest BCUT2D eigenvalue weighted by Gasteiger charge is -2.33. The Morgan fingerprint density at radius 3 is 2.17 bits per heavy atom. The van der Waals surface area contributed by atoms with Crippen LogP contribution in [0.3, 0.4) is 0 Å². The number of carbonyl (C=O) groups excluding carboxylic acids is 2. The van der Waals surface area contributed by atoms with E-state index in [1.807, 2.05) is 9.80 Å². The van der Waals surface area contributed by atoms with Gasteiger partial charge in [0.2, 0.25) is 11.8 Å². The Morgan fingerprint density at radius 1 is 1.00 bits per heavy atom. The van der Waals surface area contributed by atoms with Crippen LogP contribution in [-0.2, 0) is 9.59 Å². The van der Waals surface area contributed by atoms with Crippen molar-refractivity contribution in [1.29, 1.82) is 0 Å². The average molecular weight is 435 g/mol. The van der Waals surface area contributed by atoms with Crippen molar-refractivity contribution in [2.24, 2.45) is 0 Å². The lowest BCUT2D eigenvalue weighted by atomic mass is 10.2. The average Bonchev–Trinajstić information content (AvgIpc) is 2.71. The minimum atomic E-state index is -0.458. The summed E-state index contributed by atoms with van der Waals surface area (Å²) in [5.41, 5.74) is 0.783. The molecule has 2 aromatic rings. The highest BCUT2D eigenvalue weighted by Crippen LogP contribution is 2.27. The molecule has 160 valence electrons. The van der Waals surface area contributed by atoms with Gasteiger partial charge in [0.25, 0.3) is 0 Å². The first-order valence-corrected chi connectivity index (χ1v) is 9.95. The minimum Gasteiger partial charge on any atom is -0.495 e. The van der Waals surface area contributed by atoms with Crippen LogP contribution in [0.2, 0.25) is 5.02 Å². The number of halogens is 2. The maximum atomic E-state index is 13.6. The van der Waals surface area contributed by atoms with Crippen LogP contribution in [0.15, 0.2) is 42.5 Å². The number of hydrogen-bond acceptors (Lipinski definition) is 5. The summed E-state index contributed by atoms with van der Waals surface area (Å²) in [7, 11) is 1.53. The molecule has 1 aliphatic rings. The van der Waals surface area contributed by atoms with E-state index in [-0.39, 0.29) is 30.6 Å². The molecule has 0 radical (unpaired) electrons. The predicted molar refractivity (Wildman–Crippen MR) is 115 cm³/mol. The molecule has 0 atom stereocenters. The van der Waals surface area contributed by atoms with E-state index in [0.717, 1.165) is 0 Å². The molecule has 9 heteroatoms. The van der Waals surface area contributed by atoms with Crippen molar-refractivity contribution in [3.8, 4) is 5.75 Å². The monoisotopic (exact) mass is 434 g/mol. The summed E-state index contributed by atoms with van der Waals surface area (Å²) in [6, 6.07) is 11.1. The molecule has 2 N–H and O–H groups in total. The molecule has 2 amide bonds. The smallest absolute Gasteiger partial charge is 0.238 e. The van der Waals surface area contributed by atoms with Crippen molar-refractivity contribution in [3.63, 3.8) is 0 Å². The summed E-state index contributed by atoms with van der Waals surface area (Å²) in [6.07, 6.45) is 0. The van der Waals surface area contributed by atoms with Crippen LogP contribution in [0.25, 0.3) is 0 Å². The van der Waals surface area contributed by atoms with Crippen molar-refractivity contribution in [1.82, 2.24) is 9.80 Å². The van der Waals surface area contributed by atoms with Gasteiger partial charge in [0.05, 0.1) is 30.9 Å². The fraction of sp³-hybridized carbons (Fsp3) is 0.333. The topological polar surface area (TPSA) is 73.9 Å². The third-order valence-corrected chi connectivity index (χ3v) is 5.08. The minimum absolute atomic E-state index is 0.137. The number of piperazine rings is 1. The number of hydrogen-bond donors (Lipinski definition) is 2. The second kappa shape index (κ2) is 10.4. The number of benzene rings is 2. The molecule has 0 aliphatic carbocycles. The van der Waals surface area contributed by atoms with Crippen LogP contribution in [-0.4, -0.2) is 68.0 Å². The van der Waals surface area contributed by atoms with Gasteiger partial charge in [-0.15, -0.1) is 0 Å². The van der Waals surface area contributed by atoms with Crippen LogP contribution in [0.1, 0.15) is 0 Å². The molecule has 0 bridgehead atoms. The molecule has 1 fully saturated rings. The van der Waals surface area contributed by atoms with Crippen molar-refractivity contribution >= 4 is 34.8 Å². The molecule has 0 unspecified atom stereocenters. The molecule has 1 heterocycles. The molecule has 2 aromatic carbocycles. The molecule has 1 aliphatic heterocycles. The van der Waals surface area contributed by atoms with Gasteiger partial charge < -0.3 is 15.4 Å². The zero-order valence-corrected chi connectivity index (χ0v) is 17.4. The first-order valence-electron chi connectivity index (χ1n) is 9.57. The Labute approximate surface area is 179 Å². The van der Waals surface area contributed by atoms with Crippen LogP contribution in [0, 0.1) is 5.82 Å². The maximum Gasteiger partial charge on any atom is 0.238 e. The molecule has 0 aromatic heterocycles. The van der Waals surface area contributed by atoms with Gasteiger partial charge >= 0.3 is 0 Å². The number of anilines is 2. The molecule has 30 heavy (non-hydrogen) atoms. The van der Waals surface area contributed by atoms with E-state index in [0.29, 0.717) is 42.6 Å². The highest BCUT2D eigenvalue weighted by Gasteiger charge is 2.21. The number of methoxy groups -OCH3 is 1. The summed E-state index contributed by atoms with van der Waals surface area (Å²) in [6.45, 7) is 3.03. The first kappa shape index (κ1) is 22.0. The summed E-state index contributed by atoms with van der Waals surface area (Å²) >= 11 is 6.08. The van der Waals surface area contributed by atoms with Gasteiger partial charge in [0, 0.05) is 31.9 Å². The van der Waals surface area contributed by atoms with Crippen LogP contribution in [0.5, 0.6) is 5.75 Å². The van der Waals surface area contributed by atoms with Crippen LogP contribution < -0.4 is 15.4 Å². The molecule has 1 saturated heterocycles. The third-order valence-electron chi connectivity index (χ3n) is 4.78. The zero-order chi connectivity index (χ0) is 21.5. The first-order chi connectivity index (χ1) is 14.4. The Bertz CT molecular complexity index is 904. The molecular formula is C21H24ClFN4O3. The van der Waals surface area contributed by atoms with Gasteiger partial charge in [0.15, 0.2) is 0 Å². The van der Waals surface area contributed by atoms with Gasteiger partial charge in [-0.25, -0.2) is 4.39 Å².